The predicted octanol–water partition coefficient (Wildman–Crippen LogP) is 0.949. The SMILES string of the molecule is CN(C)C(=O)N1CCC(C(=O)N2C[C@H](C(=O)O)[C@@H](C3CC3)C2)CC1. The number of urea groups is 1. The number of aliphatic carboxylic acids is 1. The molecule has 0 radical (unpaired) electrons. The molecule has 0 spiro atoms. The average molecular weight is 337 g/mol. The predicted molar refractivity (Wildman–Crippen MR) is 87.3 cm³/mol. The van der Waals surface area contributed by atoms with Gasteiger partial charge in [0.15, 0.2) is 0 Å². The Kier molecular flexibility index (Phi) is 4.69. The number of carbonyl (C=O) groups is 3. The second-order valence-electron chi connectivity index (χ2n) is 7.63. The van der Waals surface area contributed by atoms with Gasteiger partial charge in [-0.1, -0.05) is 0 Å². The molecule has 0 aromatic carbocycles. The van der Waals surface area contributed by atoms with E-state index in [1.807, 2.05) is 0 Å². The van der Waals surface area contributed by atoms with E-state index >= 15 is 0 Å². The van der Waals surface area contributed by atoms with Crippen LogP contribution in [0, 0.1) is 23.7 Å². The van der Waals surface area contributed by atoms with Gasteiger partial charge in [0, 0.05) is 46.2 Å². The second kappa shape index (κ2) is 6.61. The number of carboxylic acids is 1. The van der Waals surface area contributed by atoms with Gasteiger partial charge in [-0.2, -0.15) is 0 Å². The molecular formula is C17H27N3O4. The molecule has 7 heteroatoms. The van der Waals surface area contributed by atoms with Crippen molar-refractivity contribution in [2.75, 3.05) is 40.3 Å². The van der Waals surface area contributed by atoms with Gasteiger partial charge in [-0.05, 0) is 37.5 Å². The lowest BCUT2D eigenvalue weighted by Crippen LogP contribution is -2.47. The van der Waals surface area contributed by atoms with Crippen molar-refractivity contribution in [2.24, 2.45) is 23.7 Å². The molecule has 0 aromatic heterocycles. The highest BCUT2D eigenvalue weighted by Crippen LogP contribution is 2.44. The van der Waals surface area contributed by atoms with E-state index in [0.717, 1.165) is 12.8 Å². The van der Waals surface area contributed by atoms with E-state index in [9.17, 15) is 19.5 Å². The Balaban J connectivity index is 1.56. The van der Waals surface area contributed by atoms with Crippen LogP contribution in [0.2, 0.25) is 0 Å². The molecule has 24 heavy (non-hydrogen) atoms. The van der Waals surface area contributed by atoms with Crippen LogP contribution in [0.25, 0.3) is 0 Å². The van der Waals surface area contributed by atoms with E-state index in [-0.39, 0.29) is 23.8 Å². The summed E-state index contributed by atoms with van der Waals surface area (Å²) in [6, 6.07) is -0.0122. The number of nitrogens with zero attached hydrogens (tertiary/aromatic N) is 3. The van der Waals surface area contributed by atoms with Crippen LogP contribution in [0.15, 0.2) is 0 Å². The van der Waals surface area contributed by atoms with Crippen LogP contribution < -0.4 is 0 Å². The Morgan fingerprint density at radius 3 is 2.08 bits per heavy atom. The van der Waals surface area contributed by atoms with Crippen molar-refractivity contribution in [3.63, 3.8) is 0 Å². The van der Waals surface area contributed by atoms with Crippen LogP contribution in [-0.2, 0) is 9.59 Å². The fraction of sp³-hybridized carbons (Fsp3) is 0.824. The molecule has 0 bridgehead atoms. The summed E-state index contributed by atoms with van der Waals surface area (Å²) in [5.74, 6) is -0.555. The van der Waals surface area contributed by atoms with Crippen molar-refractivity contribution in [3.8, 4) is 0 Å². The number of piperidine rings is 1. The van der Waals surface area contributed by atoms with Gasteiger partial charge < -0.3 is 19.8 Å². The molecule has 3 fully saturated rings. The van der Waals surface area contributed by atoms with Crippen LogP contribution in [0.1, 0.15) is 25.7 Å². The summed E-state index contributed by atoms with van der Waals surface area (Å²) in [5, 5.41) is 9.43. The Morgan fingerprint density at radius 2 is 1.58 bits per heavy atom. The molecule has 3 rings (SSSR count). The monoisotopic (exact) mass is 337 g/mol. The largest absolute Gasteiger partial charge is 0.481 e. The van der Waals surface area contributed by atoms with E-state index in [4.69, 9.17) is 0 Å². The normalized spacial score (nSPS) is 28.1. The van der Waals surface area contributed by atoms with Gasteiger partial charge in [0.05, 0.1) is 5.92 Å². The third kappa shape index (κ3) is 3.35. The zero-order valence-electron chi connectivity index (χ0n) is 14.5. The Labute approximate surface area is 142 Å². The molecule has 3 amide bonds. The minimum Gasteiger partial charge on any atom is -0.481 e. The first-order valence-corrected chi connectivity index (χ1v) is 8.86. The van der Waals surface area contributed by atoms with Crippen molar-refractivity contribution in [3.05, 3.63) is 0 Å². The van der Waals surface area contributed by atoms with Crippen LogP contribution in [0.4, 0.5) is 4.79 Å². The van der Waals surface area contributed by atoms with Crippen molar-refractivity contribution in [1.82, 2.24) is 14.7 Å². The molecule has 0 unspecified atom stereocenters. The molecule has 2 aliphatic heterocycles. The number of carboxylic acid groups (broad SMARTS) is 1. The smallest absolute Gasteiger partial charge is 0.319 e. The number of rotatable bonds is 3. The van der Waals surface area contributed by atoms with Crippen molar-refractivity contribution in [2.45, 2.75) is 25.7 Å². The van der Waals surface area contributed by atoms with Gasteiger partial charge in [0.1, 0.15) is 0 Å². The first-order valence-electron chi connectivity index (χ1n) is 8.86. The van der Waals surface area contributed by atoms with Gasteiger partial charge in [0.25, 0.3) is 0 Å². The molecule has 1 aliphatic carbocycles. The summed E-state index contributed by atoms with van der Waals surface area (Å²) in [5.41, 5.74) is 0. The molecular weight excluding hydrogens is 310 g/mol. The maximum atomic E-state index is 12.8. The van der Waals surface area contributed by atoms with E-state index in [1.54, 1.807) is 28.8 Å². The lowest BCUT2D eigenvalue weighted by molar-refractivity contribution is -0.143. The van der Waals surface area contributed by atoms with Gasteiger partial charge in [-0.15, -0.1) is 0 Å². The fourth-order valence-electron chi connectivity index (χ4n) is 4.13. The van der Waals surface area contributed by atoms with E-state index in [1.165, 1.54) is 0 Å². The maximum Gasteiger partial charge on any atom is 0.319 e. The molecule has 7 nitrogen and oxygen atoms in total. The van der Waals surface area contributed by atoms with Gasteiger partial charge in [0.2, 0.25) is 5.91 Å². The van der Waals surface area contributed by atoms with Crippen molar-refractivity contribution >= 4 is 17.9 Å². The van der Waals surface area contributed by atoms with Crippen LogP contribution >= 0.6 is 0 Å². The Morgan fingerprint density at radius 1 is 0.958 bits per heavy atom. The lowest BCUT2D eigenvalue weighted by atomic mass is 9.92. The third-order valence-electron chi connectivity index (χ3n) is 5.72. The Hall–Kier alpha value is -1.79. The van der Waals surface area contributed by atoms with Crippen LogP contribution in [0.5, 0.6) is 0 Å². The maximum absolute atomic E-state index is 12.8. The first-order chi connectivity index (χ1) is 11.4. The van der Waals surface area contributed by atoms with Crippen LogP contribution in [-0.4, -0.2) is 78.0 Å². The molecule has 1 saturated carbocycles. The summed E-state index contributed by atoms with van der Waals surface area (Å²) in [6.45, 7) is 2.13. The lowest BCUT2D eigenvalue weighted by Gasteiger charge is -2.34. The summed E-state index contributed by atoms with van der Waals surface area (Å²) in [7, 11) is 3.46. The minimum absolute atomic E-state index is 0.0122. The van der Waals surface area contributed by atoms with Crippen molar-refractivity contribution < 1.29 is 19.5 Å². The van der Waals surface area contributed by atoms with Gasteiger partial charge >= 0.3 is 12.0 Å². The average Bonchev–Trinajstić information content (AvgIpc) is 3.31. The molecule has 134 valence electrons. The van der Waals surface area contributed by atoms with E-state index in [0.29, 0.717) is 44.9 Å². The number of carbonyl (C=O) groups excluding carboxylic acids is 2. The minimum atomic E-state index is -0.770. The number of amides is 3. The van der Waals surface area contributed by atoms with E-state index in [2.05, 4.69) is 0 Å². The van der Waals surface area contributed by atoms with Crippen LogP contribution in [0.3, 0.4) is 0 Å². The Bertz CT molecular complexity index is 524. The topological polar surface area (TPSA) is 81.2 Å². The number of hydrogen-bond donors (Lipinski definition) is 1. The molecule has 2 heterocycles. The molecule has 3 aliphatic rings. The molecule has 2 atom stereocenters. The summed E-state index contributed by atoms with van der Waals surface area (Å²) >= 11 is 0. The first kappa shape index (κ1) is 17.0. The molecule has 0 aromatic rings. The molecule has 1 N–H and O–H groups in total. The number of likely N-dealkylation sites (tertiary alicyclic amines) is 2. The fourth-order valence-corrected chi connectivity index (χ4v) is 4.13. The quantitative estimate of drug-likeness (QED) is 0.831. The standard InChI is InChI=1S/C17H27N3O4/c1-18(2)17(24)19-7-5-12(6-8-19)15(21)20-9-13(11-3-4-11)14(10-20)16(22)23/h11-14H,3-10H2,1-2H3,(H,22,23)/t13-,14+/m1/s1. The van der Waals surface area contributed by atoms with Gasteiger partial charge in [-0.25, -0.2) is 4.79 Å². The van der Waals surface area contributed by atoms with E-state index < -0.39 is 11.9 Å². The second-order valence-corrected chi connectivity index (χ2v) is 7.63. The highest BCUT2D eigenvalue weighted by atomic mass is 16.4. The number of hydrogen-bond acceptors (Lipinski definition) is 3. The van der Waals surface area contributed by atoms with Crippen molar-refractivity contribution in [1.29, 1.82) is 0 Å². The molecule has 2 saturated heterocycles. The summed E-state index contributed by atoms with van der Waals surface area (Å²) in [4.78, 5) is 41.3. The summed E-state index contributed by atoms with van der Waals surface area (Å²) < 4.78 is 0. The summed E-state index contributed by atoms with van der Waals surface area (Å²) in [6.07, 6.45) is 3.53. The zero-order valence-corrected chi connectivity index (χ0v) is 14.5. The highest BCUT2D eigenvalue weighted by Gasteiger charge is 2.47. The zero-order chi connectivity index (χ0) is 17.4. The third-order valence-corrected chi connectivity index (χ3v) is 5.72. The van der Waals surface area contributed by atoms with Gasteiger partial charge in [-0.3, -0.25) is 9.59 Å². The highest BCUT2D eigenvalue weighted by molar-refractivity contribution is 5.81.